The summed E-state index contributed by atoms with van der Waals surface area (Å²) in [6.45, 7) is 0. The van der Waals surface area contributed by atoms with Gasteiger partial charge in [0.25, 0.3) is 6.43 Å². The third-order valence-corrected chi connectivity index (χ3v) is 4.22. The lowest BCUT2D eigenvalue weighted by atomic mass is 10.1. The molecule has 0 radical (unpaired) electrons. The number of pyridine rings is 2. The van der Waals surface area contributed by atoms with Gasteiger partial charge in [0.15, 0.2) is 14.9 Å². The summed E-state index contributed by atoms with van der Waals surface area (Å²) in [5.41, 5.74) is 1.41. The first-order chi connectivity index (χ1) is 10.4. The molecule has 0 aromatic carbocycles. The number of rotatable bonds is 3. The molecule has 0 spiro atoms. The molecule has 0 aliphatic heterocycles. The van der Waals surface area contributed by atoms with Gasteiger partial charge in [-0.1, -0.05) is 0 Å². The van der Waals surface area contributed by atoms with E-state index in [1.165, 1.54) is 24.5 Å². The van der Waals surface area contributed by atoms with E-state index in [1.54, 1.807) is 12.1 Å². The Morgan fingerprint density at radius 1 is 1.18 bits per heavy atom. The predicted octanol–water partition coefficient (Wildman–Crippen LogP) is 2.97. The molecule has 114 valence electrons. The molecule has 0 aliphatic carbocycles. The lowest BCUT2D eigenvalue weighted by Crippen LogP contribution is -1.99. The van der Waals surface area contributed by atoms with Crippen LogP contribution in [-0.4, -0.2) is 29.6 Å². The molecule has 3 aromatic heterocycles. The normalized spacial score (nSPS) is 12.2. The molecule has 0 bridgehead atoms. The van der Waals surface area contributed by atoms with Crippen molar-refractivity contribution in [3.8, 4) is 11.1 Å². The number of hydrogen-bond acceptors (Lipinski definition) is 4. The van der Waals surface area contributed by atoms with Crippen LogP contribution >= 0.6 is 0 Å². The maximum absolute atomic E-state index is 12.8. The van der Waals surface area contributed by atoms with Gasteiger partial charge in [-0.2, -0.15) is 0 Å². The SMILES string of the molecule is CS(=O)(=O)c1ccc(-c2ccnc3[nH]c(C(F)F)cc23)cn1. The van der Waals surface area contributed by atoms with Crippen LogP contribution in [-0.2, 0) is 9.84 Å². The van der Waals surface area contributed by atoms with E-state index in [0.29, 0.717) is 22.2 Å². The summed E-state index contributed by atoms with van der Waals surface area (Å²) in [7, 11) is -3.38. The number of sulfone groups is 1. The van der Waals surface area contributed by atoms with E-state index in [2.05, 4.69) is 15.0 Å². The van der Waals surface area contributed by atoms with E-state index in [1.807, 2.05) is 0 Å². The Labute approximate surface area is 125 Å². The van der Waals surface area contributed by atoms with E-state index in [-0.39, 0.29) is 10.7 Å². The molecule has 3 rings (SSSR count). The van der Waals surface area contributed by atoms with E-state index < -0.39 is 16.3 Å². The molecule has 0 atom stereocenters. The molecule has 0 saturated heterocycles. The van der Waals surface area contributed by atoms with Crippen LogP contribution in [0.4, 0.5) is 8.78 Å². The van der Waals surface area contributed by atoms with Crippen molar-refractivity contribution in [1.29, 1.82) is 0 Å². The summed E-state index contributed by atoms with van der Waals surface area (Å²) in [4.78, 5) is 10.5. The minimum Gasteiger partial charge on any atom is -0.338 e. The Morgan fingerprint density at radius 3 is 2.55 bits per heavy atom. The van der Waals surface area contributed by atoms with Crippen molar-refractivity contribution in [2.75, 3.05) is 6.26 Å². The molecular weight excluding hydrogens is 312 g/mol. The van der Waals surface area contributed by atoms with Crippen molar-refractivity contribution in [3.63, 3.8) is 0 Å². The van der Waals surface area contributed by atoms with Crippen LogP contribution in [0.15, 0.2) is 41.7 Å². The Kier molecular flexibility index (Phi) is 3.40. The molecule has 0 fully saturated rings. The number of H-pyrrole nitrogens is 1. The van der Waals surface area contributed by atoms with Crippen molar-refractivity contribution in [3.05, 3.63) is 42.4 Å². The van der Waals surface area contributed by atoms with Crippen LogP contribution in [0.25, 0.3) is 22.2 Å². The smallest absolute Gasteiger partial charge is 0.278 e. The van der Waals surface area contributed by atoms with Crippen LogP contribution in [0.2, 0.25) is 0 Å². The van der Waals surface area contributed by atoms with Gasteiger partial charge in [0.05, 0.1) is 5.69 Å². The van der Waals surface area contributed by atoms with Crippen LogP contribution in [0.3, 0.4) is 0 Å². The zero-order valence-electron chi connectivity index (χ0n) is 11.4. The molecule has 1 N–H and O–H groups in total. The second-order valence-electron chi connectivity index (χ2n) is 4.80. The van der Waals surface area contributed by atoms with Gasteiger partial charge in [0.2, 0.25) is 0 Å². The summed E-state index contributed by atoms with van der Waals surface area (Å²) in [6.07, 6.45) is 1.35. The molecule has 0 aliphatic rings. The van der Waals surface area contributed by atoms with Crippen LogP contribution in [0.1, 0.15) is 12.1 Å². The highest BCUT2D eigenvalue weighted by molar-refractivity contribution is 7.90. The monoisotopic (exact) mass is 323 g/mol. The number of fused-ring (bicyclic) bond motifs is 1. The van der Waals surface area contributed by atoms with E-state index in [9.17, 15) is 17.2 Å². The van der Waals surface area contributed by atoms with E-state index in [0.717, 1.165) is 6.26 Å². The largest absolute Gasteiger partial charge is 0.338 e. The van der Waals surface area contributed by atoms with Crippen LogP contribution < -0.4 is 0 Å². The molecule has 0 amide bonds. The maximum Gasteiger partial charge on any atom is 0.278 e. The minimum atomic E-state index is -3.38. The third kappa shape index (κ3) is 2.57. The average molecular weight is 323 g/mol. The van der Waals surface area contributed by atoms with Gasteiger partial charge in [0.1, 0.15) is 5.65 Å². The molecule has 22 heavy (non-hydrogen) atoms. The fraction of sp³-hybridized carbons (Fsp3) is 0.143. The summed E-state index contributed by atoms with van der Waals surface area (Å²) in [5.74, 6) is 0. The number of nitrogens with zero attached hydrogens (tertiary/aromatic N) is 2. The second-order valence-corrected chi connectivity index (χ2v) is 6.77. The number of aromatic amines is 1. The fourth-order valence-electron chi connectivity index (χ4n) is 2.18. The Hall–Kier alpha value is -2.35. The summed E-state index contributed by atoms with van der Waals surface area (Å²) >= 11 is 0. The molecule has 0 unspecified atom stereocenters. The first-order valence-corrected chi connectivity index (χ1v) is 8.17. The highest BCUT2D eigenvalue weighted by atomic mass is 32.2. The quantitative estimate of drug-likeness (QED) is 0.804. The fourth-order valence-corrected chi connectivity index (χ4v) is 2.73. The van der Waals surface area contributed by atoms with Crippen molar-refractivity contribution >= 4 is 20.9 Å². The van der Waals surface area contributed by atoms with Gasteiger partial charge in [0, 0.05) is 29.6 Å². The first kappa shape index (κ1) is 14.6. The predicted molar refractivity (Wildman–Crippen MR) is 77.4 cm³/mol. The molecule has 0 saturated carbocycles. The Balaban J connectivity index is 2.13. The van der Waals surface area contributed by atoms with Crippen LogP contribution in [0, 0.1) is 0 Å². The summed E-state index contributed by atoms with van der Waals surface area (Å²) < 4.78 is 48.4. The molecule has 5 nitrogen and oxygen atoms in total. The maximum atomic E-state index is 12.8. The topological polar surface area (TPSA) is 75.7 Å². The number of halogens is 2. The lowest BCUT2D eigenvalue weighted by Gasteiger charge is -2.04. The van der Waals surface area contributed by atoms with Crippen molar-refractivity contribution in [2.45, 2.75) is 11.5 Å². The number of nitrogens with one attached hydrogen (secondary N) is 1. The summed E-state index contributed by atoms with van der Waals surface area (Å²) in [5, 5.41) is 0.496. The van der Waals surface area contributed by atoms with Crippen molar-refractivity contribution < 1.29 is 17.2 Å². The van der Waals surface area contributed by atoms with Crippen molar-refractivity contribution in [2.24, 2.45) is 0 Å². The molecule has 3 heterocycles. The van der Waals surface area contributed by atoms with Crippen LogP contribution in [0.5, 0.6) is 0 Å². The van der Waals surface area contributed by atoms with Gasteiger partial charge in [-0.25, -0.2) is 27.2 Å². The first-order valence-electron chi connectivity index (χ1n) is 6.28. The second kappa shape index (κ2) is 5.13. The van der Waals surface area contributed by atoms with E-state index >= 15 is 0 Å². The van der Waals surface area contributed by atoms with Gasteiger partial charge < -0.3 is 4.98 Å². The zero-order valence-corrected chi connectivity index (χ0v) is 12.2. The number of aromatic nitrogens is 3. The third-order valence-electron chi connectivity index (χ3n) is 3.22. The van der Waals surface area contributed by atoms with Gasteiger partial charge in [-0.15, -0.1) is 0 Å². The lowest BCUT2D eigenvalue weighted by molar-refractivity contribution is 0.147. The molecule has 3 aromatic rings. The Morgan fingerprint density at radius 2 is 1.95 bits per heavy atom. The highest BCUT2D eigenvalue weighted by Crippen LogP contribution is 2.30. The standard InChI is InChI=1S/C14H11F2N3O2S/c1-22(20,21)12-3-2-8(7-18-12)9-4-5-17-14-10(9)6-11(19-14)13(15)16/h2-7,13H,1H3,(H,17,19). The number of alkyl halides is 2. The van der Waals surface area contributed by atoms with Gasteiger partial charge in [-0.3, -0.25) is 0 Å². The minimum absolute atomic E-state index is 0.0381. The van der Waals surface area contributed by atoms with E-state index in [4.69, 9.17) is 0 Å². The molecule has 8 heteroatoms. The van der Waals surface area contributed by atoms with Crippen molar-refractivity contribution in [1.82, 2.24) is 15.0 Å². The van der Waals surface area contributed by atoms with Gasteiger partial charge >= 0.3 is 0 Å². The number of hydrogen-bond donors (Lipinski definition) is 1. The zero-order chi connectivity index (χ0) is 15.9. The Bertz CT molecular complexity index is 934. The molecular formula is C14H11F2N3O2S. The van der Waals surface area contributed by atoms with Gasteiger partial charge in [-0.05, 0) is 29.8 Å². The summed E-state index contributed by atoms with van der Waals surface area (Å²) in [6, 6.07) is 5.99. The average Bonchev–Trinajstić information content (AvgIpc) is 2.90. The highest BCUT2D eigenvalue weighted by Gasteiger charge is 2.15.